The maximum absolute atomic E-state index is 10.0. The van der Waals surface area contributed by atoms with Gasteiger partial charge >= 0.3 is 0 Å². The van der Waals surface area contributed by atoms with E-state index in [9.17, 15) is 5.11 Å². The van der Waals surface area contributed by atoms with Crippen LogP contribution in [0.4, 0.5) is 5.69 Å². The molecule has 0 bridgehead atoms. The summed E-state index contributed by atoms with van der Waals surface area (Å²) in [6.07, 6.45) is 5.99. The molecule has 1 aromatic heterocycles. The largest absolute Gasteiger partial charge is 0.493 e. The molecular weight excluding hydrogens is 402 g/mol. The van der Waals surface area contributed by atoms with Crippen LogP contribution in [0.2, 0.25) is 0 Å². The first-order valence-electron chi connectivity index (χ1n) is 11.9. The van der Waals surface area contributed by atoms with Crippen LogP contribution in [0.25, 0.3) is 21.8 Å². The molecule has 6 heteroatoms. The van der Waals surface area contributed by atoms with Gasteiger partial charge in [-0.05, 0) is 63.7 Å². The van der Waals surface area contributed by atoms with Gasteiger partial charge in [-0.2, -0.15) is 0 Å². The number of methoxy groups -OCH3 is 1. The van der Waals surface area contributed by atoms with Gasteiger partial charge in [-0.1, -0.05) is 18.2 Å². The molecule has 5 rings (SSSR count). The summed E-state index contributed by atoms with van der Waals surface area (Å²) in [4.78, 5) is 7.43. The Morgan fingerprint density at radius 2 is 1.91 bits per heavy atom. The lowest BCUT2D eigenvalue weighted by Gasteiger charge is -2.20. The zero-order chi connectivity index (χ0) is 21.9. The molecule has 2 N–H and O–H groups in total. The Hall–Kier alpha value is -2.57. The van der Waals surface area contributed by atoms with Gasteiger partial charge in [0.2, 0.25) is 0 Å². The number of aromatic nitrogens is 1. The van der Waals surface area contributed by atoms with Crippen LogP contribution in [0.15, 0.2) is 36.4 Å². The predicted molar refractivity (Wildman–Crippen MR) is 129 cm³/mol. The zero-order valence-electron chi connectivity index (χ0n) is 18.8. The lowest BCUT2D eigenvalue weighted by molar-refractivity contribution is 0.182. The molecule has 1 saturated heterocycles. The van der Waals surface area contributed by atoms with E-state index in [4.69, 9.17) is 14.5 Å². The number of pyridine rings is 1. The minimum Gasteiger partial charge on any atom is -0.493 e. The molecule has 1 aliphatic heterocycles. The molecule has 6 nitrogen and oxygen atoms in total. The highest BCUT2D eigenvalue weighted by Crippen LogP contribution is 2.39. The van der Waals surface area contributed by atoms with Crippen LogP contribution in [0.5, 0.6) is 11.5 Å². The number of anilines is 1. The SMILES string of the molecule is COc1cc2c(N[C@@H]3CC[C@@H](O)C3)c3ccccc3nc2cc1OCCCN1CCCC1. The predicted octanol–water partition coefficient (Wildman–Crippen LogP) is 4.59. The summed E-state index contributed by atoms with van der Waals surface area (Å²) in [5.74, 6) is 1.47. The molecule has 2 heterocycles. The number of ether oxygens (including phenoxy) is 2. The third-order valence-electron chi connectivity index (χ3n) is 6.79. The van der Waals surface area contributed by atoms with Gasteiger partial charge in [-0.15, -0.1) is 0 Å². The number of hydrogen-bond acceptors (Lipinski definition) is 6. The van der Waals surface area contributed by atoms with Gasteiger partial charge in [0.15, 0.2) is 11.5 Å². The van der Waals surface area contributed by atoms with Gasteiger partial charge in [0.05, 0.1) is 36.5 Å². The number of hydrogen-bond donors (Lipinski definition) is 2. The van der Waals surface area contributed by atoms with Crippen LogP contribution in [0.3, 0.4) is 0 Å². The van der Waals surface area contributed by atoms with Gasteiger partial charge in [-0.3, -0.25) is 0 Å². The van der Waals surface area contributed by atoms with Gasteiger partial charge in [0.25, 0.3) is 0 Å². The van der Waals surface area contributed by atoms with Crippen molar-refractivity contribution in [1.29, 1.82) is 0 Å². The average molecular weight is 436 g/mol. The molecule has 170 valence electrons. The van der Waals surface area contributed by atoms with Crippen LogP contribution >= 0.6 is 0 Å². The number of fused-ring (bicyclic) bond motifs is 2. The summed E-state index contributed by atoms with van der Waals surface area (Å²) in [6, 6.07) is 12.5. The Morgan fingerprint density at radius 1 is 1.06 bits per heavy atom. The maximum atomic E-state index is 10.0. The Balaban J connectivity index is 1.44. The van der Waals surface area contributed by atoms with Crippen molar-refractivity contribution in [2.75, 3.05) is 38.7 Å². The smallest absolute Gasteiger partial charge is 0.163 e. The quantitative estimate of drug-likeness (QED) is 0.399. The highest BCUT2D eigenvalue weighted by atomic mass is 16.5. The van der Waals surface area contributed by atoms with Crippen molar-refractivity contribution >= 4 is 27.5 Å². The molecule has 2 aliphatic rings. The first kappa shape index (κ1) is 21.3. The van der Waals surface area contributed by atoms with Crippen LogP contribution in [0.1, 0.15) is 38.5 Å². The molecule has 0 spiro atoms. The summed E-state index contributed by atoms with van der Waals surface area (Å²) in [7, 11) is 1.69. The number of para-hydroxylation sites is 1. The van der Waals surface area contributed by atoms with E-state index in [-0.39, 0.29) is 12.1 Å². The Labute approximate surface area is 189 Å². The van der Waals surface area contributed by atoms with Gasteiger partial charge in [0.1, 0.15) is 0 Å². The van der Waals surface area contributed by atoms with Crippen molar-refractivity contribution < 1.29 is 14.6 Å². The maximum Gasteiger partial charge on any atom is 0.163 e. The normalized spacial score (nSPS) is 21.4. The third kappa shape index (κ3) is 4.48. The highest BCUT2D eigenvalue weighted by Gasteiger charge is 2.24. The molecule has 0 radical (unpaired) electrons. The van der Waals surface area contributed by atoms with Crippen LogP contribution < -0.4 is 14.8 Å². The van der Waals surface area contributed by atoms with E-state index in [2.05, 4.69) is 16.3 Å². The van der Waals surface area contributed by atoms with E-state index in [1.54, 1.807) is 7.11 Å². The number of nitrogens with one attached hydrogen (secondary N) is 1. The fraction of sp³-hybridized carbons (Fsp3) is 0.500. The van der Waals surface area contributed by atoms with Crippen molar-refractivity contribution in [3.8, 4) is 11.5 Å². The second kappa shape index (κ2) is 9.51. The molecule has 1 aliphatic carbocycles. The Bertz CT molecular complexity index is 1080. The van der Waals surface area contributed by atoms with Crippen molar-refractivity contribution in [3.05, 3.63) is 36.4 Å². The number of aliphatic hydroxyl groups is 1. The fourth-order valence-corrected chi connectivity index (χ4v) is 5.10. The summed E-state index contributed by atoms with van der Waals surface area (Å²) in [6.45, 7) is 4.17. The van der Waals surface area contributed by atoms with Crippen molar-refractivity contribution in [2.24, 2.45) is 0 Å². The molecule has 2 aromatic carbocycles. The van der Waals surface area contributed by atoms with Gasteiger partial charge < -0.3 is 24.8 Å². The zero-order valence-corrected chi connectivity index (χ0v) is 18.8. The number of benzene rings is 2. The van der Waals surface area contributed by atoms with Crippen molar-refractivity contribution in [3.63, 3.8) is 0 Å². The minimum absolute atomic E-state index is 0.220. The van der Waals surface area contributed by atoms with Crippen molar-refractivity contribution in [1.82, 2.24) is 9.88 Å². The highest BCUT2D eigenvalue weighted by molar-refractivity contribution is 6.08. The van der Waals surface area contributed by atoms with Crippen LogP contribution in [-0.2, 0) is 0 Å². The fourth-order valence-electron chi connectivity index (χ4n) is 5.10. The molecule has 0 unspecified atom stereocenters. The minimum atomic E-state index is -0.220. The molecule has 2 fully saturated rings. The van der Waals surface area contributed by atoms with Crippen LogP contribution in [0, 0.1) is 0 Å². The molecule has 0 amide bonds. The van der Waals surface area contributed by atoms with E-state index in [1.807, 2.05) is 30.3 Å². The number of likely N-dealkylation sites (tertiary alicyclic amines) is 1. The monoisotopic (exact) mass is 435 g/mol. The average Bonchev–Trinajstić information content (AvgIpc) is 3.47. The molecule has 32 heavy (non-hydrogen) atoms. The molecule has 1 saturated carbocycles. The van der Waals surface area contributed by atoms with Crippen molar-refractivity contribution in [2.45, 2.75) is 50.7 Å². The second-order valence-electron chi connectivity index (χ2n) is 9.08. The van der Waals surface area contributed by atoms with E-state index >= 15 is 0 Å². The first-order chi connectivity index (χ1) is 15.7. The molecular formula is C26H33N3O3. The summed E-state index contributed by atoms with van der Waals surface area (Å²) in [5.41, 5.74) is 2.90. The standard InChI is InChI=1S/C26H33N3O3/c1-31-24-16-21-23(17-25(24)32-14-6-13-29-11-4-5-12-29)28-22-8-3-2-7-20(22)26(21)27-18-9-10-19(30)15-18/h2-3,7-8,16-19,30H,4-6,9-15H2,1H3,(H,27,28)/t18-,19-/m1/s1. The topological polar surface area (TPSA) is 66.8 Å². The summed E-state index contributed by atoms with van der Waals surface area (Å²) >= 11 is 0. The van der Waals surface area contributed by atoms with E-state index in [0.29, 0.717) is 6.61 Å². The van der Waals surface area contributed by atoms with E-state index < -0.39 is 0 Å². The number of aliphatic hydroxyl groups excluding tert-OH is 1. The van der Waals surface area contributed by atoms with Gasteiger partial charge in [-0.25, -0.2) is 4.98 Å². The Kier molecular flexibility index (Phi) is 6.32. The summed E-state index contributed by atoms with van der Waals surface area (Å²) in [5, 5.41) is 15.8. The summed E-state index contributed by atoms with van der Waals surface area (Å²) < 4.78 is 11.9. The van der Waals surface area contributed by atoms with E-state index in [0.717, 1.165) is 71.2 Å². The van der Waals surface area contributed by atoms with E-state index in [1.165, 1.54) is 25.9 Å². The molecule has 3 aromatic rings. The number of rotatable bonds is 8. The molecule has 2 atom stereocenters. The van der Waals surface area contributed by atoms with Crippen LogP contribution in [-0.4, -0.2) is 60.5 Å². The third-order valence-corrected chi connectivity index (χ3v) is 6.79. The Morgan fingerprint density at radius 3 is 2.69 bits per heavy atom. The first-order valence-corrected chi connectivity index (χ1v) is 11.9. The second-order valence-corrected chi connectivity index (χ2v) is 9.08. The lowest BCUT2D eigenvalue weighted by Crippen LogP contribution is -2.21. The van der Waals surface area contributed by atoms with Gasteiger partial charge in [0, 0.05) is 29.4 Å². The lowest BCUT2D eigenvalue weighted by atomic mass is 10.1. The number of nitrogens with zero attached hydrogens (tertiary/aromatic N) is 2.